The average Bonchev–Trinajstić information content (AvgIpc) is 2.78. The predicted octanol–water partition coefficient (Wildman–Crippen LogP) is 2.16. The number of nitrogens with zero attached hydrogens (tertiary/aromatic N) is 2. The fourth-order valence-corrected chi connectivity index (χ4v) is 2.35. The standard InChI is InChI=1S/C15H21N3O2/c1-3-14-13(9-10-16)15(19)18(17-14)11-5-7-12(8-6-11)20-4-2/h5-8,13H,3-4,9-10,16H2,1-2H3. The summed E-state index contributed by atoms with van der Waals surface area (Å²) in [6, 6.07) is 7.40. The summed E-state index contributed by atoms with van der Waals surface area (Å²) in [6.45, 7) is 5.07. The second kappa shape index (κ2) is 6.52. The molecule has 0 bridgehead atoms. The van der Waals surface area contributed by atoms with E-state index in [-0.39, 0.29) is 11.8 Å². The third-order valence-electron chi connectivity index (χ3n) is 3.35. The van der Waals surface area contributed by atoms with Crippen LogP contribution in [0.15, 0.2) is 29.4 Å². The molecule has 1 aromatic carbocycles. The number of benzene rings is 1. The van der Waals surface area contributed by atoms with Gasteiger partial charge in [-0.05, 0) is 50.6 Å². The highest BCUT2D eigenvalue weighted by molar-refractivity contribution is 6.15. The minimum atomic E-state index is -0.170. The molecule has 0 fully saturated rings. The van der Waals surface area contributed by atoms with Gasteiger partial charge in [0.15, 0.2) is 0 Å². The summed E-state index contributed by atoms with van der Waals surface area (Å²) in [5.41, 5.74) is 7.26. The van der Waals surface area contributed by atoms with Crippen LogP contribution in [-0.2, 0) is 4.79 Å². The molecule has 1 aromatic rings. The molecule has 0 radical (unpaired) electrons. The summed E-state index contributed by atoms with van der Waals surface area (Å²) >= 11 is 0. The number of hydrogen-bond donors (Lipinski definition) is 1. The lowest BCUT2D eigenvalue weighted by molar-refractivity contribution is -0.119. The lowest BCUT2D eigenvalue weighted by Crippen LogP contribution is -2.29. The maximum atomic E-state index is 12.4. The van der Waals surface area contributed by atoms with E-state index in [9.17, 15) is 4.79 Å². The predicted molar refractivity (Wildman–Crippen MR) is 80.0 cm³/mol. The number of nitrogens with two attached hydrogens (primary N) is 1. The van der Waals surface area contributed by atoms with Crippen LogP contribution in [0.5, 0.6) is 5.75 Å². The van der Waals surface area contributed by atoms with Gasteiger partial charge < -0.3 is 10.5 Å². The summed E-state index contributed by atoms with van der Waals surface area (Å²) in [4.78, 5) is 12.4. The largest absolute Gasteiger partial charge is 0.494 e. The summed E-state index contributed by atoms with van der Waals surface area (Å²) in [6.07, 6.45) is 1.42. The molecule has 108 valence electrons. The maximum absolute atomic E-state index is 12.4. The molecule has 20 heavy (non-hydrogen) atoms. The number of hydrogen-bond acceptors (Lipinski definition) is 4. The first-order valence-corrected chi connectivity index (χ1v) is 7.05. The Labute approximate surface area is 119 Å². The Bertz CT molecular complexity index is 496. The van der Waals surface area contributed by atoms with Gasteiger partial charge in [0.25, 0.3) is 5.91 Å². The molecule has 1 aliphatic rings. The van der Waals surface area contributed by atoms with E-state index in [1.807, 2.05) is 38.1 Å². The van der Waals surface area contributed by atoms with Crippen molar-refractivity contribution in [3.05, 3.63) is 24.3 Å². The van der Waals surface area contributed by atoms with Crippen LogP contribution in [0.4, 0.5) is 5.69 Å². The zero-order valence-electron chi connectivity index (χ0n) is 12.0. The van der Waals surface area contributed by atoms with Crippen molar-refractivity contribution in [2.45, 2.75) is 26.7 Å². The Morgan fingerprint density at radius 1 is 1.30 bits per heavy atom. The van der Waals surface area contributed by atoms with E-state index >= 15 is 0 Å². The Morgan fingerprint density at radius 3 is 2.55 bits per heavy atom. The molecule has 0 saturated heterocycles. The van der Waals surface area contributed by atoms with E-state index in [4.69, 9.17) is 10.5 Å². The highest BCUT2D eigenvalue weighted by atomic mass is 16.5. The van der Waals surface area contributed by atoms with Crippen LogP contribution in [-0.4, -0.2) is 24.8 Å². The summed E-state index contributed by atoms with van der Waals surface area (Å²) < 4.78 is 5.40. The van der Waals surface area contributed by atoms with Gasteiger partial charge in [-0.25, -0.2) is 5.01 Å². The first-order chi connectivity index (χ1) is 9.71. The van der Waals surface area contributed by atoms with E-state index in [0.717, 1.165) is 23.6 Å². The number of ether oxygens (including phenoxy) is 1. The van der Waals surface area contributed by atoms with Crippen LogP contribution < -0.4 is 15.5 Å². The molecule has 2 N–H and O–H groups in total. The molecule has 5 heteroatoms. The number of carbonyl (C=O) groups is 1. The van der Waals surface area contributed by atoms with Crippen molar-refractivity contribution >= 4 is 17.3 Å². The number of rotatable bonds is 6. The van der Waals surface area contributed by atoms with Gasteiger partial charge in [-0.2, -0.15) is 5.10 Å². The highest BCUT2D eigenvalue weighted by Gasteiger charge is 2.34. The summed E-state index contributed by atoms with van der Waals surface area (Å²) in [5, 5.41) is 5.92. The van der Waals surface area contributed by atoms with Crippen molar-refractivity contribution in [2.24, 2.45) is 16.8 Å². The highest BCUT2D eigenvalue weighted by Crippen LogP contribution is 2.28. The van der Waals surface area contributed by atoms with Gasteiger partial charge in [0.1, 0.15) is 5.75 Å². The van der Waals surface area contributed by atoms with E-state index in [1.165, 1.54) is 5.01 Å². The van der Waals surface area contributed by atoms with E-state index in [0.29, 0.717) is 19.6 Å². The van der Waals surface area contributed by atoms with E-state index in [1.54, 1.807) is 0 Å². The first kappa shape index (κ1) is 14.5. The van der Waals surface area contributed by atoms with Crippen molar-refractivity contribution in [3.8, 4) is 5.75 Å². The fourth-order valence-electron chi connectivity index (χ4n) is 2.35. The molecule has 0 spiro atoms. The molecule has 0 saturated carbocycles. The third kappa shape index (κ3) is 2.82. The Kier molecular flexibility index (Phi) is 4.74. The van der Waals surface area contributed by atoms with Crippen molar-refractivity contribution in [2.75, 3.05) is 18.2 Å². The van der Waals surface area contributed by atoms with Crippen LogP contribution in [0.3, 0.4) is 0 Å². The maximum Gasteiger partial charge on any atom is 0.256 e. The molecule has 0 aromatic heterocycles. The molecule has 2 rings (SSSR count). The van der Waals surface area contributed by atoms with Gasteiger partial charge in [-0.1, -0.05) is 6.92 Å². The molecule has 0 aliphatic carbocycles. The fraction of sp³-hybridized carbons (Fsp3) is 0.467. The van der Waals surface area contributed by atoms with Gasteiger partial charge >= 0.3 is 0 Å². The van der Waals surface area contributed by atoms with Crippen LogP contribution in [0.25, 0.3) is 0 Å². The first-order valence-electron chi connectivity index (χ1n) is 7.05. The zero-order chi connectivity index (χ0) is 14.5. The second-order valence-electron chi connectivity index (χ2n) is 4.65. The molecule has 1 unspecified atom stereocenters. The normalized spacial score (nSPS) is 18.4. The van der Waals surface area contributed by atoms with Gasteiger partial charge in [0.05, 0.1) is 23.9 Å². The molecule has 1 atom stereocenters. The van der Waals surface area contributed by atoms with Crippen LogP contribution in [0.1, 0.15) is 26.7 Å². The minimum absolute atomic E-state index is 0.0106. The monoisotopic (exact) mass is 275 g/mol. The number of amides is 1. The second-order valence-corrected chi connectivity index (χ2v) is 4.65. The van der Waals surface area contributed by atoms with Crippen LogP contribution in [0.2, 0.25) is 0 Å². The van der Waals surface area contributed by atoms with E-state index < -0.39 is 0 Å². The Hall–Kier alpha value is -1.88. The van der Waals surface area contributed by atoms with Crippen molar-refractivity contribution in [1.29, 1.82) is 0 Å². The average molecular weight is 275 g/mol. The molecule has 1 heterocycles. The number of anilines is 1. The van der Waals surface area contributed by atoms with Gasteiger partial charge in [-0.3, -0.25) is 4.79 Å². The van der Waals surface area contributed by atoms with Crippen molar-refractivity contribution in [3.63, 3.8) is 0 Å². The topological polar surface area (TPSA) is 67.9 Å². The molecular weight excluding hydrogens is 254 g/mol. The van der Waals surface area contributed by atoms with Crippen LogP contribution >= 0.6 is 0 Å². The Morgan fingerprint density at radius 2 is 2.00 bits per heavy atom. The van der Waals surface area contributed by atoms with Gasteiger partial charge in [-0.15, -0.1) is 0 Å². The summed E-state index contributed by atoms with van der Waals surface area (Å²) in [7, 11) is 0. The van der Waals surface area contributed by atoms with Gasteiger partial charge in [0.2, 0.25) is 0 Å². The van der Waals surface area contributed by atoms with Crippen LogP contribution in [0, 0.1) is 5.92 Å². The molecule has 1 aliphatic heterocycles. The number of hydrazone groups is 1. The van der Waals surface area contributed by atoms with Gasteiger partial charge in [0, 0.05) is 0 Å². The lowest BCUT2D eigenvalue weighted by Gasteiger charge is -2.14. The minimum Gasteiger partial charge on any atom is -0.494 e. The lowest BCUT2D eigenvalue weighted by atomic mass is 9.98. The zero-order valence-corrected chi connectivity index (χ0v) is 12.0. The quantitative estimate of drug-likeness (QED) is 0.865. The molecular formula is C15H21N3O2. The summed E-state index contributed by atoms with van der Waals surface area (Å²) in [5.74, 6) is 0.633. The van der Waals surface area contributed by atoms with Crippen molar-refractivity contribution < 1.29 is 9.53 Å². The number of carbonyl (C=O) groups excluding carboxylic acids is 1. The van der Waals surface area contributed by atoms with Crippen molar-refractivity contribution in [1.82, 2.24) is 0 Å². The third-order valence-corrected chi connectivity index (χ3v) is 3.35. The molecule has 1 amide bonds. The SMILES string of the molecule is CCOc1ccc(N2N=C(CC)C(CCN)C2=O)cc1. The molecule has 5 nitrogen and oxygen atoms in total. The van der Waals surface area contributed by atoms with E-state index in [2.05, 4.69) is 5.10 Å². The Balaban J connectivity index is 2.20. The smallest absolute Gasteiger partial charge is 0.256 e.